The molecule has 1 amide bonds. The molecular weight excluding hydrogens is 414 g/mol. The highest BCUT2D eigenvalue weighted by molar-refractivity contribution is 9.10. The molecule has 0 spiro atoms. The summed E-state index contributed by atoms with van der Waals surface area (Å²) in [6.45, 7) is 2.07. The molecule has 2 aromatic carbocycles. The van der Waals surface area contributed by atoms with Gasteiger partial charge in [0.15, 0.2) is 17.3 Å². The van der Waals surface area contributed by atoms with E-state index in [-0.39, 0.29) is 11.7 Å². The van der Waals surface area contributed by atoms with E-state index in [1.165, 1.54) is 28.3 Å². The zero-order chi connectivity index (χ0) is 19.7. The third-order valence-electron chi connectivity index (χ3n) is 4.63. The number of amides is 1. The van der Waals surface area contributed by atoms with Crippen molar-refractivity contribution in [3.8, 4) is 17.2 Å². The molecule has 142 valence electrons. The second kappa shape index (κ2) is 7.60. The van der Waals surface area contributed by atoms with E-state index < -0.39 is 0 Å². The lowest BCUT2D eigenvalue weighted by Crippen LogP contribution is -2.29. The van der Waals surface area contributed by atoms with Crippen molar-refractivity contribution < 1.29 is 23.8 Å². The molecule has 0 bridgehead atoms. The van der Waals surface area contributed by atoms with E-state index in [4.69, 9.17) is 14.2 Å². The standard InChI is InChI=1S/C20H20BrNO5/c1-11(23)12-5-6-15-13(9-12)7-8-22(15)20(24)14-10-16(25-2)18(26-3)19(27-4)17(14)21/h5-6,9-10H,7-8H2,1-4H3. The molecule has 1 heterocycles. The van der Waals surface area contributed by atoms with Crippen LogP contribution >= 0.6 is 15.9 Å². The fourth-order valence-corrected chi connectivity index (χ4v) is 3.88. The van der Waals surface area contributed by atoms with Gasteiger partial charge in [-0.1, -0.05) is 0 Å². The van der Waals surface area contributed by atoms with Gasteiger partial charge in [0.2, 0.25) is 5.75 Å². The predicted molar refractivity (Wildman–Crippen MR) is 106 cm³/mol. The molecule has 0 radical (unpaired) electrons. The average Bonchev–Trinajstić information content (AvgIpc) is 3.09. The molecule has 0 saturated carbocycles. The van der Waals surface area contributed by atoms with Crippen molar-refractivity contribution >= 4 is 33.3 Å². The number of carbonyl (C=O) groups is 2. The maximum absolute atomic E-state index is 13.3. The van der Waals surface area contributed by atoms with Crippen LogP contribution in [0.3, 0.4) is 0 Å². The van der Waals surface area contributed by atoms with Gasteiger partial charge in [0.05, 0.1) is 31.4 Å². The summed E-state index contributed by atoms with van der Waals surface area (Å²) in [5, 5.41) is 0. The van der Waals surface area contributed by atoms with Crippen molar-refractivity contribution in [1.82, 2.24) is 0 Å². The third kappa shape index (κ3) is 3.27. The number of hydrogen-bond donors (Lipinski definition) is 0. The zero-order valence-corrected chi connectivity index (χ0v) is 17.2. The van der Waals surface area contributed by atoms with E-state index in [0.29, 0.717) is 45.8 Å². The second-order valence-electron chi connectivity index (χ2n) is 6.11. The first-order valence-electron chi connectivity index (χ1n) is 8.37. The molecule has 6 nitrogen and oxygen atoms in total. The number of ether oxygens (including phenoxy) is 3. The van der Waals surface area contributed by atoms with Gasteiger partial charge in [-0.25, -0.2) is 0 Å². The second-order valence-corrected chi connectivity index (χ2v) is 6.91. The van der Waals surface area contributed by atoms with Gasteiger partial charge in [0, 0.05) is 17.8 Å². The Hall–Kier alpha value is -2.54. The molecule has 1 aliphatic rings. The first kappa shape index (κ1) is 19.2. The summed E-state index contributed by atoms with van der Waals surface area (Å²) in [5.41, 5.74) is 2.86. The number of fused-ring (bicyclic) bond motifs is 1. The molecule has 3 rings (SSSR count). The van der Waals surface area contributed by atoms with Crippen molar-refractivity contribution in [1.29, 1.82) is 0 Å². The minimum atomic E-state index is -0.185. The van der Waals surface area contributed by atoms with Crippen LogP contribution in [0.25, 0.3) is 0 Å². The first-order chi connectivity index (χ1) is 12.9. The largest absolute Gasteiger partial charge is 0.493 e. The van der Waals surface area contributed by atoms with E-state index in [1.54, 1.807) is 17.0 Å². The maximum atomic E-state index is 13.3. The number of hydrogen-bond acceptors (Lipinski definition) is 5. The van der Waals surface area contributed by atoms with Gasteiger partial charge in [-0.05, 0) is 59.1 Å². The summed E-state index contributed by atoms with van der Waals surface area (Å²) in [6.07, 6.45) is 0.699. The monoisotopic (exact) mass is 433 g/mol. The normalized spacial score (nSPS) is 12.6. The maximum Gasteiger partial charge on any atom is 0.259 e. The zero-order valence-electron chi connectivity index (χ0n) is 15.6. The SMILES string of the molecule is COc1cc(C(=O)N2CCc3cc(C(C)=O)ccc32)c(Br)c(OC)c1OC. The number of carbonyl (C=O) groups excluding carboxylic acids is 2. The summed E-state index contributed by atoms with van der Waals surface area (Å²) in [6, 6.07) is 7.06. The van der Waals surface area contributed by atoms with Gasteiger partial charge < -0.3 is 19.1 Å². The molecule has 27 heavy (non-hydrogen) atoms. The fourth-order valence-electron chi connectivity index (χ4n) is 3.25. The number of rotatable bonds is 5. The minimum Gasteiger partial charge on any atom is -0.493 e. The quantitative estimate of drug-likeness (QED) is 0.669. The molecule has 0 fully saturated rings. The van der Waals surface area contributed by atoms with Crippen LogP contribution in [0.5, 0.6) is 17.2 Å². The molecule has 0 aliphatic carbocycles. The first-order valence-corrected chi connectivity index (χ1v) is 9.16. The van der Waals surface area contributed by atoms with E-state index in [9.17, 15) is 9.59 Å². The topological polar surface area (TPSA) is 65.1 Å². The Bertz CT molecular complexity index is 925. The lowest BCUT2D eigenvalue weighted by molar-refractivity contribution is 0.0986. The minimum absolute atomic E-state index is 0.00921. The number of halogens is 1. The van der Waals surface area contributed by atoms with Crippen LogP contribution in [0.4, 0.5) is 5.69 Å². The molecule has 0 aromatic heterocycles. The van der Waals surface area contributed by atoms with Crippen molar-refractivity contribution in [2.45, 2.75) is 13.3 Å². The van der Waals surface area contributed by atoms with Gasteiger partial charge >= 0.3 is 0 Å². The highest BCUT2D eigenvalue weighted by Gasteiger charge is 2.30. The average molecular weight is 434 g/mol. The molecule has 0 atom stereocenters. The third-order valence-corrected chi connectivity index (χ3v) is 5.41. The summed E-state index contributed by atoms with van der Waals surface area (Å²) >= 11 is 3.46. The molecule has 7 heteroatoms. The number of methoxy groups -OCH3 is 3. The lowest BCUT2D eigenvalue weighted by atomic mass is 10.1. The fraction of sp³-hybridized carbons (Fsp3) is 0.300. The van der Waals surface area contributed by atoms with Crippen LogP contribution in [0.2, 0.25) is 0 Å². The Morgan fingerprint density at radius 2 is 1.74 bits per heavy atom. The molecule has 0 N–H and O–H groups in total. The highest BCUT2D eigenvalue weighted by Crippen LogP contribution is 2.45. The molecule has 0 unspecified atom stereocenters. The smallest absolute Gasteiger partial charge is 0.259 e. The summed E-state index contributed by atoms with van der Waals surface area (Å²) in [4.78, 5) is 26.6. The number of nitrogens with zero attached hydrogens (tertiary/aromatic N) is 1. The molecule has 1 aliphatic heterocycles. The van der Waals surface area contributed by atoms with Crippen LogP contribution < -0.4 is 19.1 Å². The Kier molecular flexibility index (Phi) is 5.41. The van der Waals surface area contributed by atoms with Gasteiger partial charge in [-0.3, -0.25) is 9.59 Å². The number of ketones is 1. The summed E-state index contributed by atoms with van der Waals surface area (Å²) < 4.78 is 16.6. The number of anilines is 1. The van der Waals surface area contributed by atoms with Crippen LogP contribution in [-0.4, -0.2) is 39.6 Å². The van der Waals surface area contributed by atoms with E-state index >= 15 is 0 Å². The van der Waals surface area contributed by atoms with Crippen molar-refractivity contribution in [3.05, 3.63) is 45.4 Å². The van der Waals surface area contributed by atoms with Crippen molar-refractivity contribution in [3.63, 3.8) is 0 Å². The predicted octanol–water partition coefficient (Wildman–Crippen LogP) is 3.88. The number of Topliss-reactive ketones (excluding diaryl/α,β-unsaturated/α-hetero) is 1. The van der Waals surface area contributed by atoms with E-state index in [2.05, 4.69) is 15.9 Å². The van der Waals surface area contributed by atoms with Gasteiger partial charge in [0.1, 0.15) is 0 Å². The van der Waals surface area contributed by atoms with Crippen LogP contribution in [0, 0.1) is 0 Å². The molecular formula is C20H20BrNO5. The van der Waals surface area contributed by atoms with E-state index in [1.807, 2.05) is 12.1 Å². The van der Waals surface area contributed by atoms with Crippen LogP contribution in [-0.2, 0) is 6.42 Å². The van der Waals surface area contributed by atoms with Crippen LogP contribution in [0.1, 0.15) is 33.2 Å². The lowest BCUT2D eigenvalue weighted by Gasteiger charge is -2.21. The van der Waals surface area contributed by atoms with E-state index in [0.717, 1.165) is 11.3 Å². The number of benzene rings is 2. The van der Waals surface area contributed by atoms with Crippen molar-refractivity contribution in [2.24, 2.45) is 0 Å². The molecule has 2 aromatic rings. The van der Waals surface area contributed by atoms with Crippen LogP contribution in [0.15, 0.2) is 28.7 Å². The van der Waals surface area contributed by atoms with Crippen molar-refractivity contribution in [2.75, 3.05) is 32.8 Å². The Balaban J connectivity index is 2.05. The highest BCUT2D eigenvalue weighted by atomic mass is 79.9. The Labute approximate surface area is 166 Å². The van der Waals surface area contributed by atoms with Gasteiger partial charge in [-0.15, -0.1) is 0 Å². The Morgan fingerprint density at radius 3 is 2.33 bits per heavy atom. The van der Waals surface area contributed by atoms with Gasteiger partial charge in [-0.2, -0.15) is 0 Å². The molecule has 0 saturated heterocycles. The Morgan fingerprint density at radius 1 is 1.04 bits per heavy atom. The van der Waals surface area contributed by atoms with Gasteiger partial charge in [0.25, 0.3) is 5.91 Å². The summed E-state index contributed by atoms with van der Waals surface area (Å²) in [5.74, 6) is 1.04. The summed E-state index contributed by atoms with van der Waals surface area (Å²) in [7, 11) is 4.52.